The van der Waals surface area contributed by atoms with Crippen LogP contribution in [0, 0.1) is 5.82 Å². The van der Waals surface area contributed by atoms with E-state index in [4.69, 9.17) is 0 Å². The summed E-state index contributed by atoms with van der Waals surface area (Å²) in [6, 6.07) is 4.81. The molecule has 0 aliphatic rings. The number of rotatable bonds is 4. The average Bonchev–Trinajstić information content (AvgIpc) is 2.29. The first-order valence-corrected chi connectivity index (χ1v) is 6.62. The molecule has 0 aromatic heterocycles. The summed E-state index contributed by atoms with van der Waals surface area (Å²) in [5, 5.41) is 2.72. The number of hydrogen-bond acceptors (Lipinski definition) is 2. The fourth-order valence-electron chi connectivity index (χ4n) is 1.49. The molecule has 94 valence electrons. The molecular weight excluding hydrogens is 305 g/mol. The van der Waals surface area contributed by atoms with Crippen LogP contribution < -0.4 is 5.32 Å². The first-order valence-electron chi connectivity index (χ1n) is 5.20. The maximum Gasteiger partial charge on any atom is 0.229 e. The van der Waals surface area contributed by atoms with E-state index in [1.807, 2.05) is 13.8 Å². The molecule has 0 bridgehead atoms. The van der Waals surface area contributed by atoms with Gasteiger partial charge in [0, 0.05) is 16.4 Å². The van der Waals surface area contributed by atoms with Crippen LogP contribution in [0.3, 0.4) is 0 Å². The van der Waals surface area contributed by atoms with E-state index in [0.717, 1.165) is 4.47 Å². The molecule has 1 rings (SSSR count). The predicted octanol–water partition coefficient (Wildman–Crippen LogP) is 2.91. The monoisotopic (exact) mass is 319 g/mol. The van der Waals surface area contributed by atoms with Gasteiger partial charge in [-0.3, -0.25) is 4.79 Å². The van der Waals surface area contributed by atoms with E-state index >= 15 is 0 Å². The van der Waals surface area contributed by atoms with Crippen LogP contribution in [0.1, 0.15) is 19.4 Å². The van der Waals surface area contributed by atoms with Crippen molar-refractivity contribution in [1.29, 1.82) is 0 Å². The highest BCUT2D eigenvalue weighted by Crippen LogP contribution is 2.27. The van der Waals surface area contributed by atoms with Crippen LogP contribution in [-0.2, 0) is 10.2 Å². The Morgan fingerprint density at radius 1 is 1.53 bits per heavy atom. The third-order valence-corrected chi connectivity index (χ3v) is 3.31. The molecule has 0 heterocycles. The smallest absolute Gasteiger partial charge is 0.229 e. The van der Waals surface area contributed by atoms with Crippen molar-refractivity contribution in [1.82, 2.24) is 5.32 Å². The van der Waals surface area contributed by atoms with Gasteiger partial charge in [-0.25, -0.2) is 4.39 Å². The van der Waals surface area contributed by atoms with Crippen molar-refractivity contribution in [2.75, 3.05) is 12.3 Å². The van der Waals surface area contributed by atoms with Gasteiger partial charge in [0.15, 0.2) is 0 Å². The maximum absolute atomic E-state index is 13.7. The van der Waals surface area contributed by atoms with E-state index in [9.17, 15) is 9.18 Å². The second-order valence-electron chi connectivity index (χ2n) is 4.44. The quantitative estimate of drug-likeness (QED) is 0.821. The Morgan fingerprint density at radius 2 is 2.18 bits per heavy atom. The molecule has 0 spiro atoms. The lowest BCUT2D eigenvalue weighted by Crippen LogP contribution is -2.37. The highest BCUT2D eigenvalue weighted by Gasteiger charge is 2.24. The van der Waals surface area contributed by atoms with E-state index in [1.54, 1.807) is 12.1 Å². The van der Waals surface area contributed by atoms with Crippen molar-refractivity contribution >= 4 is 34.5 Å². The lowest BCUT2D eigenvalue weighted by molar-refractivity contribution is -0.118. The van der Waals surface area contributed by atoms with Crippen LogP contribution >= 0.6 is 28.6 Å². The molecule has 5 heteroatoms. The van der Waals surface area contributed by atoms with Gasteiger partial charge in [0.25, 0.3) is 0 Å². The molecule has 0 saturated heterocycles. The Hall–Kier alpha value is -0.550. The second-order valence-corrected chi connectivity index (χ2v) is 5.67. The van der Waals surface area contributed by atoms with Gasteiger partial charge in [0.05, 0.1) is 5.75 Å². The van der Waals surface area contributed by atoms with Gasteiger partial charge < -0.3 is 5.32 Å². The van der Waals surface area contributed by atoms with Gasteiger partial charge in [0.1, 0.15) is 5.82 Å². The van der Waals surface area contributed by atoms with Crippen LogP contribution in [0.4, 0.5) is 4.39 Å². The lowest BCUT2D eigenvalue weighted by Gasteiger charge is -2.26. The molecule has 1 amide bonds. The van der Waals surface area contributed by atoms with Crippen molar-refractivity contribution in [2.24, 2.45) is 0 Å². The van der Waals surface area contributed by atoms with Crippen LogP contribution in [0.2, 0.25) is 0 Å². The van der Waals surface area contributed by atoms with Crippen LogP contribution in [-0.4, -0.2) is 18.2 Å². The number of hydrogen-bond donors (Lipinski definition) is 2. The number of amides is 1. The first kappa shape index (κ1) is 14.5. The van der Waals surface area contributed by atoms with Crippen molar-refractivity contribution in [2.45, 2.75) is 19.3 Å². The average molecular weight is 320 g/mol. The van der Waals surface area contributed by atoms with Crippen molar-refractivity contribution in [3.05, 3.63) is 34.1 Å². The summed E-state index contributed by atoms with van der Waals surface area (Å²) >= 11 is 7.19. The SMILES string of the molecule is CC(C)(CNC(=O)CS)c1cc(Br)ccc1F. The number of halogens is 2. The van der Waals surface area contributed by atoms with E-state index in [1.165, 1.54) is 6.07 Å². The molecule has 0 atom stereocenters. The summed E-state index contributed by atoms with van der Waals surface area (Å²) in [5.41, 5.74) is 0.110. The Bertz CT molecular complexity index is 423. The lowest BCUT2D eigenvalue weighted by atomic mass is 9.84. The van der Waals surface area contributed by atoms with E-state index < -0.39 is 5.41 Å². The van der Waals surface area contributed by atoms with E-state index in [0.29, 0.717) is 12.1 Å². The summed E-state index contributed by atoms with van der Waals surface area (Å²) in [7, 11) is 0. The van der Waals surface area contributed by atoms with E-state index in [2.05, 4.69) is 33.9 Å². The zero-order chi connectivity index (χ0) is 13.1. The minimum atomic E-state index is -0.466. The van der Waals surface area contributed by atoms with Gasteiger partial charge >= 0.3 is 0 Å². The minimum absolute atomic E-state index is 0.136. The molecule has 17 heavy (non-hydrogen) atoms. The molecule has 1 aromatic carbocycles. The molecular formula is C12H15BrFNOS. The van der Waals surface area contributed by atoms with Gasteiger partial charge in [-0.2, -0.15) is 12.6 Å². The molecule has 0 radical (unpaired) electrons. The third-order valence-electron chi connectivity index (χ3n) is 2.53. The number of benzene rings is 1. The van der Waals surface area contributed by atoms with Gasteiger partial charge in [-0.1, -0.05) is 29.8 Å². The summed E-state index contributed by atoms with van der Waals surface area (Å²) in [6.07, 6.45) is 0. The normalized spacial score (nSPS) is 11.4. The molecule has 2 nitrogen and oxygen atoms in total. The highest BCUT2D eigenvalue weighted by atomic mass is 79.9. The summed E-state index contributed by atoms with van der Waals surface area (Å²) < 4.78 is 14.5. The van der Waals surface area contributed by atoms with Crippen LogP contribution in [0.5, 0.6) is 0 Å². The number of carbonyl (C=O) groups excluding carboxylic acids is 1. The fraction of sp³-hybridized carbons (Fsp3) is 0.417. The minimum Gasteiger partial charge on any atom is -0.355 e. The second kappa shape index (κ2) is 5.87. The predicted molar refractivity (Wildman–Crippen MR) is 74.0 cm³/mol. The summed E-state index contributed by atoms with van der Waals surface area (Å²) in [4.78, 5) is 11.2. The van der Waals surface area contributed by atoms with Gasteiger partial charge in [-0.05, 0) is 23.8 Å². The number of carbonyl (C=O) groups is 1. The van der Waals surface area contributed by atoms with Gasteiger partial charge in [-0.15, -0.1) is 0 Å². The summed E-state index contributed by atoms with van der Waals surface area (Å²) in [5.74, 6) is -0.285. The van der Waals surface area contributed by atoms with Crippen molar-refractivity contribution in [3.63, 3.8) is 0 Å². The summed E-state index contributed by atoms with van der Waals surface area (Å²) in [6.45, 7) is 4.15. The van der Waals surface area contributed by atoms with Gasteiger partial charge in [0.2, 0.25) is 5.91 Å². The molecule has 0 unspecified atom stereocenters. The Morgan fingerprint density at radius 3 is 2.76 bits per heavy atom. The molecule has 0 fully saturated rings. The molecule has 1 aromatic rings. The van der Waals surface area contributed by atoms with Crippen LogP contribution in [0.25, 0.3) is 0 Å². The van der Waals surface area contributed by atoms with E-state index in [-0.39, 0.29) is 17.5 Å². The van der Waals surface area contributed by atoms with Crippen LogP contribution in [0.15, 0.2) is 22.7 Å². The first-order chi connectivity index (χ1) is 7.86. The molecule has 1 N–H and O–H groups in total. The highest BCUT2D eigenvalue weighted by molar-refractivity contribution is 9.10. The van der Waals surface area contributed by atoms with Crippen molar-refractivity contribution < 1.29 is 9.18 Å². The standard InChI is InChI=1S/C12H15BrFNOS/c1-12(2,7-15-11(16)6-17)9-5-8(13)3-4-10(9)14/h3-5,17H,6-7H2,1-2H3,(H,15,16). The van der Waals surface area contributed by atoms with Crippen molar-refractivity contribution in [3.8, 4) is 0 Å². The largest absolute Gasteiger partial charge is 0.355 e. The molecule has 0 aliphatic carbocycles. The topological polar surface area (TPSA) is 29.1 Å². The third kappa shape index (κ3) is 4.00. The zero-order valence-electron chi connectivity index (χ0n) is 9.76. The Kier molecular flexibility index (Phi) is 5.01. The molecule has 0 aliphatic heterocycles. The molecule has 0 saturated carbocycles. The number of thiol groups is 1. The Labute approximate surface area is 115 Å². The fourth-order valence-corrected chi connectivity index (χ4v) is 1.96. The number of nitrogens with one attached hydrogen (secondary N) is 1. The zero-order valence-corrected chi connectivity index (χ0v) is 12.2. The maximum atomic E-state index is 13.7. The Balaban J connectivity index is 2.88.